The highest BCUT2D eigenvalue weighted by Gasteiger charge is 2.19. The van der Waals surface area contributed by atoms with E-state index in [1.165, 1.54) is 12.0 Å². The molecule has 1 aromatic rings. The minimum Gasteiger partial charge on any atom is -0.480 e. The number of aliphatic carboxylic acids is 1. The molecule has 1 aromatic carbocycles. The second kappa shape index (κ2) is 10.2. The number of hydrogen-bond donors (Lipinski definition) is 3. The number of nitrogens with one attached hydrogen (secondary N) is 2. The van der Waals surface area contributed by atoms with Crippen molar-refractivity contribution in [2.75, 3.05) is 27.3 Å². The van der Waals surface area contributed by atoms with Crippen molar-refractivity contribution in [3.8, 4) is 0 Å². The van der Waals surface area contributed by atoms with Gasteiger partial charge in [-0.15, -0.1) is 0 Å². The number of nitrogens with zero attached hydrogens (tertiary/aromatic N) is 1. The summed E-state index contributed by atoms with van der Waals surface area (Å²) < 4.78 is 4.72. The molecule has 1 atom stereocenters. The van der Waals surface area contributed by atoms with Gasteiger partial charge in [0.2, 0.25) is 5.91 Å². The van der Waals surface area contributed by atoms with E-state index in [-0.39, 0.29) is 25.6 Å². The second-order valence-corrected chi connectivity index (χ2v) is 5.24. The topological polar surface area (TPSA) is 108 Å². The van der Waals surface area contributed by atoms with Crippen molar-refractivity contribution in [3.05, 3.63) is 35.9 Å². The number of amides is 3. The van der Waals surface area contributed by atoms with Crippen LogP contribution in [0, 0.1) is 0 Å². The van der Waals surface area contributed by atoms with E-state index < -0.39 is 17.9 Å². The Morgan fingerprint density at radius 1 is 1.25 bits per heavy atom. The van der Waals surface area contributed by atoms with Crippen molar-refractivity contribution in [2.45, 2.75) is 19.0 Å². The van der Waals surface area contributed by atoms with E-state index in [2.05, 4.69) is 10.6 Å². The van der Waals surface area contributed by atoms with Crippen LogP contribution < -0.4 is 10.6 Å². The van der Waals surface area contributed by atoms with Crippen molar-refractivity contribution >= 4 is 17.9 Å². The van der Waals surface area contributed by atoms with E-state index >= 15 is 0 Å². The van der Waals surface area contributed by atoms with Crippen LogP contribution >= 0.6 is 0 Å². The molecular weight excluding hydrogens is 314 g/mol. The van der Waals surface area contributed by atoms with E-state index in [0.29, 0.717) is 6.54 Å². The number of benzene rings is 1. The van der Waals surface area contributed by atoms with Crippen LogP contribution in [0.3, 0.4) is 0 Å². The Morgan fingerprint density at radius 3 is 2.50 bits per heavy atom. The van der Waals surface area contributed by atoms with Gasteiger partial charge in [-0.25, -0.2) is 9.59 Å². The molecule has 132 valence electrons. The van der Waals surface area contributed by atoms with Crippen molar-refractivity contribution in [3.63, 3.8) is 0 Å². The molecule has 3 amide bonds. The second-order valence-electron chi connectivity index (χ2n) is 5.24. The van der Waals surface area contributed by atoms with Gasteiger partial charge < -0.3 is 25.4 Å². The van der Waals surface area contributed by atoms with Crippen molar-refractivity contribution in [2.24, 2.45) is 0 Å². The number of carbonyl (C=O) groups is 3. The number of urea groups is 1. The molecule has 1 rings (SSSR count). The third-order valence-corrected chi connectivity index (χ3v) is 3.20. The molecular formula is C16H23N3O5. The molecule has 0 aliphatic rings. The molecule has 0 aromatic heterocycles. The van der Waals surface area contributed by atoms with Crippen LogP contribution in [0.5, 0.6) is 0 Å². The van der Waals surface area contributed by atoms with Gasteiger partial charge in [-0.2, -0.15) is 0 Å². The lowest BCUT2D eigenvalue weighted by Gasteiger charge is -2.18. The molecule has 3 N–H and O–H groups in total. The van der Waals surface area contributed by atoms with Crippen LogP contribution in [0.25, 0.3) is 0 Å². The number of hydrogen-bond acceptors (Lipinski definition) is 4. The summed E-state index contributed by atoms with van der Waals surface area (Å²) in [7, 11) is 3.01. The molecule has 0 radical (unpaired) electrons. The molecule has 0 saturated heterocycles. The first kappa shape index (κ1) is 19.4. The maximum absolute atomic E-state index is 11.9. The number of methoxy groups -OCH3 is 1. The minimum atomic E-state index is -1.17. The Balaban J connectivity index is 2.31. The van der Waals surface area contributed by atoms with Gasteiger partial charge in [-0.3, -0.25) is 4.79 Å². The van der Waals surface area contributed by atoms with Gasteiger partial charge in [-0.05, 0) is 5.56 Å². The zero-order valence-corrected chi connectivity index (χ0v) is 13.8. The highest BCUT2D eigenvalue weighted by atomic mass is 16.5. The molecule has 24 heavy (non-hydrogen) atoms. The van der Waals surface area contributed by atoms with Gasteiger partial charge in [-0.1, -0.05) is 30.3 Å². The van der Waals surface area contributed by atoms with Crippen molar-refractivity contribution < 1.29 is 24.2 Å². The summed E-state index contributed by atoms with van der Waals surface area (Å²) in [4.78, 5) is 36.0. The van der Waals surface area contributed by atoms with Gasteiger partial charge >= 0.3 is 12.0 Å². The highest BCUT2D eigenvalue weighted by molar-refractivity contribution is 5.84. The van der Waals surface area contributed by atoms with Crippen LogP contribution in [0.15, 0.2) is 30.3 Å². The standard InChI is InChI=1S/C16H23N3O5/c1-19(10-12-6-4-3-5-7-12)16(23)17-9-8-14(20)18-13(11-24-2)15(21)22/h3-7,13H,8-11H2,1-2H3,(H,17,23)(H,18,20)(H,21,22). The van der Waals surface area contributed by atoms with Crippen LogP contribution in [0.1, 0.15) is 12.0 Å². The summed E-state index contributed by atoms with van der Waals surface area (Å²) in [6.45, 7) is 0.449. The first-order chi connectivity index (χ1) is 11.4. The zero-order chi connectivity index (χ0) is 17.9. The predicted molar refractivity (Wildman–Crippen MR) is 87.4 cm³/mol. The average Bonchev–Trinajstić information content (AvgIpc) is 2.55. The monoisotopic (exact) mass is 337 g/mol. The molecule has 8 heteroatoms. The van der Waals surface area contributed by atoms with Crippen molar-refractivity contribution in [1.82, 2.24) is 15.5 Å². The summed E-state index contributed by atoms with van der Waals surface area (Å²) in [5.74, 6) is -1.64. The number of carboxylic acids is 1. The fourth-order valence-electron chi connectivity index (χ4n) is 1.95. The van der Waals surface area contributed by atoms with Gasteiger partial charge in [0, 0.05) is 33.7 Å². The predicted octanol–water partition coefficient (Wildman–Crippen LogP) is 0.434. The van der Waals surface area contributed by atoms with Crippen LogP contribution in [-0.4, -0.2) is 61.3 Å². The van der Waals surface area contributed by atoms with E-state index in [1.54, 1.807) is 7.05 Å². The first-order valence-corrected chi connectivity index (χ1v) is 7.48. The number of carbonyl (C=O) groups excluding carboxylic acids is 2. The van der Waals surface area contributed by atoms with Gasteiger partial charge in [0.1, 0.15) is 0 Å². The molecule has 0 heterocycles. The summed E-state index contributed by atoms with van der Waals surface area (Å²) in [5.41, 5.74) is 0.997. The van der Waals surface area contributed by atoms with Crippen LogP contribution in [0.2, 0.25) is 0 Å². The summed E-state index contributed by atoms with van der Waals surface area (Å²) in [5, 5.41) is 13.9. The van der Waals surface area contributed by atoms with Gasteiger partial charge in [0.15, 0.2) is 6.04 Å². The molecule has 0 saturated carbocycles. The third kappa shape index (κ3) is 7.10. The number of rotatable bonds is 9. The molecule has 1 unspecified atom stereocenters. The van der Waals surface area contributed by atoms with Crippen LogP contribution in [-0.2, 0) is 20.9 Å². The van der Waals surface area contributed by atoms with E-state index in [0.717, 1.165) is 5.56 Å². The Bertz CT molecular complexity index is 550. The molecule has 0 bridgehead atoms. The highest BCUT2D eigenvalue weighted by Crippen LogP contribution is 2.02. The summed E-state index contributed by atoms with van der Waals surface area (Å²) >= 11 is 0. The normalized spacial score (nSPS) is 11.4. The molecule has 8 nitrogen and oxygen atoms in total. The first-order valence-electron chi connectivity index (χ1n) is 7.48. The SMILES string of the molecule is COCC(NC(=O)CCNC(=O)N(C)Cc1ccccc1)C(=O)O. The molecule has 0 aliphatic carbocycles. The fourth-order valence-corrected chi connectivity index (χ4v) is 1.95. The zero-order valence-electron chi connectivity index (χ0n) is 13.8. The Labute approximate surface area is 140 Å². The summed E-state index contributed by atoms with van der Waals surface area (Å²) in [6.07, 6.45) is -0.0155. The Kier molecular flexibility index (Phi) is 8.28. The lowest BCUT2D eigenvalue weighted by Crippen LogP contribution is -2.45. The number of carboxylic acid groups (broad SMARTS) is 1. The quantitative estimate of drug-likeness (QED) is 0.606. The Morgan fingerprint density at radius 2 is 1.92 bits per heavy atom. The maximum atomic E-state index is 11.9. The number of ether oxygens (including phenoxy) is 1. The fraction of sp³-hybridized carbons (Fsp3) is 0.438. The van der Waals surface area contributed by atoms with Gasteiger partial charge in [0.05, 0.1) is 6.61 Å². The maximum Gasteiger partial charge on any atom is 0.328 e. The lowest BCUT2D eigenvalue weighted by atomic mass is 10.2. The molecule has 0 fully saturated rings. The average molecular weight is 337 g/mol. The van der Waals surface area contributed by atoms with Gasteiger partial charge in [0.25, 0.3) is 0 Å². The van der Waals surface area contributed by atoms with Crippen LogP contribution in [0.4, 0.5) is 4.79 Å². The largest absolute Gasteiger partial charge is 0.480 e. The summed E-state index contributed by atoms with van der Waals surface area (Å²) in [6, 6.07) is 8.11. The van der Waals surface area contributed by atoms with Crippen molar-refractivity contribution in [1.29, 1.82) is 0 Å². The third-order valence-electron chi connectivity index (χ3n) is 3.20. The minimum absolute atomic E-state index is 0.0155. The molecule has 0 spiro atoms. The molecule has 0 aliphatic heterocycles. The van der Waals surface area contributed by atoms with E-state index in [4.69, 9.17) is 9.84 Å². The smallest absolute Gasteiger partial charge is 0.328 e. The Hall–Kier alpha value is -2.61. The van der Waals surface area contributed by atoms with E-state index in [1.807, 2.05) is 30.3 Å². The van der Waals surface area contributed by atoms with E-state index in [9.17, 15) is 14.4 Å². The lowest BCUT2D eigenvalue weighted by molar-refractivity contribution is -0.143.